The lowest BCUT2D eigenvalue weighted by Crippen LogP contribution is -2.07. The molecule has 0 aliphatic heterocycles. The maximum atomic E-state index is 11.4. The molecule has 0 aliphatic carbocycles. The minimum atomic E-state index is -0.522. The second kappa shape index (κ2) is 6.63. The lowest BCUT2D eigenvalue weighted by Gasteiger charge is -2.11. The van der Waals surface area contributed by atoms with Crippen molar-refractivity contribution >= 4 is 17.5 Å². The number of carbonyl (C=O) groups is 1. The molecule has 1 aromatic heterocycles. The first-order valence-electron chi connectivity index (χ1n) is 5.99. The topological polar surface area (TPSA) is 73.3 Å². The van der Waals surface area contributed by atoms with Gasteiger partial charge in [0.25, 0.3) is 0 Å². The van der Waals surface area contributed by atoms with Gasteiger partial charge in [-0.05, 0) is 6.07 Å². The Balaban J connectivity index is 2.24. The molecule has 0 unspecified atom stereocenters. The Bertz CT molecular complexity index is 602. The molecule has 20 heavy (non-hydrogen) atoms. The lowest BCUT2D eigenvalue weighted by atomic mass is 10.2. The van der Waals surface area contributed by atoms with Gasteiger partial charge in [0.2, 0.25) is 0 Å². The third-order valence-electron chi connectivity index (χ3n) is 2.61. The Labute approximate surface area is 116 Å². The highest BCUT2D eigenvalue weighted by atomic mass is 16.5. The molecule has 104 valence electrons. The summed E-state index contributed by atoms with van der Waals surface area (Å²) in [7, 11) is 2.94. The van der Waals surface area contributed by atoms with Crippen molar-refractivity contribution in [1.82, 2.24) is 9.97 Å². The van der Waals surface area contributed by atoms with Gasteiger partial charge in [-0.15, -0.1) is 0 Å². The van der Waals surface area contributed by atoms with Crippen molar-refractivity contribution in [2.45, 2.75) is 6.61 Å². The third kappa shape index (κ3) is 3.30. The predicted molar refractivity (Wildman–Crippen MR) is 73.8 cm³/mol. The molecule has 0 bridgehead atoms. The van der Waals surface area contributed by atoms with Crippen molar-refractivity contribution in [3.8, 4) is 0 Å². The Kier molecular flexibility index (Phi) is 4.62. The van der Waals surface area contributed by atoms with E-state index in [-0.39, 0.29) is 5.69 Å². The summed E-state index contributed by atoms with van der Waals surface area (Å²) in [6.45, 7) is 0.479. The van der Waals surface area contributed by atoms with Crippen molar-refractivity contribution in [3.05, 3.63) is 47.9 Å². The van der Waals surface area contributed by atoms with Crippen molar-refractivity contribution < 1.29 is 14.3 Å². The number of carbonyl (C=O) groups excluding carboxylic acids is 1. The van der Waals surface area contributed by atoms with E-state index in [0.717, 1.165) is 11.3 Å². The van der Waals surface area contributed by atoms with Gasteiger partial charge in [0.1, 0.15) is 5.82 Å². The summed E-state index contributed by atoms with van der Waals surface area (Å²) in [5, 5.41) is 3.12. The molecule has 2 rings (SSSR count). The van der Waals surface area contributed by atoms with E-state index >= 15 is 0 Å². The van der Waals surface area contributed by atoms with Crippen molar-refractivity contribution in [2.24, 2.45) is 0 Å². The van der Waals surface area contributed by atoms with Gasteiger partial charge in [0.15, 0.2) is 5.69 Å². The number of ether oxygens (including phenoxy) is 2. The van der Waals surface area contributed by atoms with Crippen molar-refractivity contribution in [2.75, 3.05) is 19.5 Å². The summed E-state index contributed by atoms with van der Waals surface area (Å²) in [5.74, 6) is -0.0530. The quantitative estimate of drug-likeness (QED) is 0.841. The van der Waals surface area contributed by atoms with Gasteiger partial charge in [0.05, 0.1) is 26.1 Å². The van der Waals surface area contributed by atoms with Crippen LogP contribution >= 0.6 is 0 Å². The van der Waals surface area contributed by atoms with Gasteiger partial charge in [-0.3, -0.25) is 4.98 Å². The maximum absolute atomic E-state index is 11.4. The highest BCUT2D eigenvalue weighted by Crippen LogP contribution is 2.20. The fourth-order valence-electron chi connectivity index (χ4n) is 1.69. The molecular formula is C14H15N3O3. The second-order valence-corrected chi connectivity index (χ2v) is 4.00. The molecule has 0 radical (unpaired) electrons. The summed E-state index contributed by atoms with van der Waals surface area (Å²) in [6.07, 6.45) is 2.90. The van der Waals surface area contributed by atoms with Crippen LogP contribution < -0.4 is 5.32 Å². The van der Waals surface area contributed by atoms with Crippen LogP contribution in [-0.4, -0.2) is 30.2 Å². The van der Waals surface area contributed by atoms with Crippen LogP contribution in [0.15, 0.2) is 36.7 Å². The minimum Gasteiger partial charge on any atom is -0.464 e. The zero-order valence-electron chi connectivity index (χ0n) is 11.3. The Hall–Kier alpha value is -2.47. The van der Waals surface area contributed by atoms with Crippen LogP contribution in [0.2, 0.25) is 0 Å². The summed E-state index contributed by atoms with van der Waals surface area (Å²) in [5.41, 5.74) is 1.99. The van der Waals surface area contributed by atoms with Crippen LogP contribution in [0.4, 0.5) is 11.5 Å². The molecule has 0 saturated carbocycles. The summed E-state index contributed by atoms with van der Waals surface area (Å²) in [6, 6.07) is 7.68. The largest absolute Gasteiger partial charge is 0.464 e. The predicted octanol–water partition coefficient (Wildman–Crippen LogP) is 2.15. The zero-order chi connectivity index (χ0) is 14.4. The van der Waals surface area contributed by atoms with E-state index in [1.54, 1.807) is 7.11 Å². The Morgan fingerprint density at radius 1 is 1.25 bits per heavy atom. The Morgan fingerprint density at radius 2 is 2.05 bits per heavy atom. The Morgan fingerprint density at radius 3 is 2.80 bits per heavy atom. The smallest absolute Gasteiger partial charge is 0.358 e. The fraction of sp³-hybridized carbons (Fsp3) is 0.214. The molecule has 1 aromatic carbocycles. The van der Waals surface area contributed by atoms with Crippen molar-refractivity contribution in [1.29, 1.82) is 0 Å². The number of nitrogens with one attached hydrogen (secondary N) is 1. The number of benzene rings is 1. The fourth-order valence-corrected chi connectivity index (χ4v) is 1.69. The zero-order valence-corrected chi connectivity index (χ0v) is 11.3. The summed E-state index contributed by atoms with van der Waals surface area (Å²) >= 11 is 0. The van der Waals surface area contributed by atoms with Crippen LogP contribution in [0, 0.1) is 0 Å². The summed E-state index contributed by atoms with van der Waals surface area (Å²) < 4.78 is 9.75. The number of anilines is 2. The molecule has 0 spiro atoms. The molecule has 0 amide bonds. The van der Waals surface area contributed by atoms with E-state index in [2.05, 4.69) is 20.0 Å². The lowest BCUT2D eigenvalue weighted by molar-refractivity contribution is 0.0593. The molecule has 0 aliphatic rings. The van der Waals surface area contributed by atoms with Crippen LogP contribution in [0.25, 0.3) is 0 Å². The number of methoxy groups -OCH3 is 2. The third-order valence-corrected chi connectivity index (χ3v) is 2.61. The van der Waals surface area contributed by atoms with E-state index in [1.807, 2.05) is 24.3 Å². The van der Waals surface area contributed by atoms with Crippen LogP contribution in [-0.2, 0) is 16.1 Å². The van der Waals surface area contributed by atoms with Crippen molar-refractivity contribution in [3.63, 3.8) is 0 Å². The number of rotatable bonds is 5. The number of esters is 1. The normalized spacial score (nSPS) is 10.1. The van der Waals surface area contributed by atoms with Gasteiger partial charge in [-0.1, -0.05) is 18.2 Å². The molecule has 1 heterocycles. The molecule has 2 aromatic rings. The number of aromatic nitrogens is 2. The van der Waals surface area contributed by atoms with Crippen LogP contribution in [0.3, 0.4) is 0 Å². The standard InChI is InChI=1S/C14H15N3O3/c1-19-9-10-5-3-4-6-11(10)16-13-8-15-7-12(17-13)14(18)20-2/h3-8H,9H2,1-2H3,(H,16,17). The van der Waals surface area contributed by atoms with Gasteiger partial charge in [-0.2, -0.15) is 0 Å². The van der Waals surface area contributed by atoms with Gasteiger partial charge >= 0.3 is 5.97 Å². The second-order valence-electron chi connectivity index (χ2n) is 4.00. The number of para-hydroxylation sites is 1. The van der Waals surface area contributed by atoms with Crippen LogP contribution in [0.1, 0.15) is 16.1 Å². The number of hydrogen-bond acceptors (Lipinski definition) is 6. The average Bonchev–Trinajstić information content (AvgIpc) is 2.49. The first-order chi connectivity index (χ1) is 9.74. The molecule has 6 heteroatoms. The molecule has 1 N–H and O–H groups in total. The minimum absolute atomic E-state index is 0.154. The van der Waals surface area contributed by atoms with E-state index in [0.29, 0.717) is 12.4 Å². The summed E-state index contributed by atoms with van der Waals surface area (Å²) in [4.78, 5) is 19.5. The SMILES string of the molecule is COCc1ccccc1Nc1cncc(C(=O)OC)n1. The van der Waals surface area contributed by atoms with Gasteiger partial charge < -0.3 is 14.8 Å². The van der Waals surface area contributed by atoms with E-state index < -0.39 is 5.97 Å². The van der Waals surface area contributed by atoms with E-state index in [9.17, 15) is 4.79 Å². The molecule has 0 atom stereocenters. The van der Waals surface area contributed by atoms with Crippen LogP contribution in [0.5, 0.6) is 0 Å². The first-order valence-corrected chi connectivity index (χ1v) is 5.99. The monoisotopic (exact) mass is 273 g/mol. The highest BCUT2D eigenvalue weighted by molar-refractivity contribution is 5.87. The average molecular weight is 273 g/mol. The number of hydrogen-bond donors (Lipinski definition) is 1. The highest BCUT2D eigenvalue weighted by Gasteiger charge is 2.09. The van der Waals surface area contributed by atoms with Gasteiger partial charge in [-0.25, -0.2) is 9.78 Å². The molecule has 0 saturated heterocycles. The molecule has 0 fully saturated rings. The van der Waals surface area contributed by atoms with Gasteiger partial charge in [0, 0.05) is 18.4 Å². The van der Waals surface area contributed by atoms with E-state index in [4.69, 9.17) is 4.74 Å². The number of nitrogens with zero attached hydrogens (tertiary/aromatic N) is 2. The molecular weight excluding hydrogens is 258 g/mol. The maximum Gasteiger partial charge on any atom is 0.358 e. The molecule has 6 nitrogen and oxygen atoms in total. The first kappa shape index (κ1) is 14.0. The van der Waals surface area contributed by atoms with E-state index in [1.165, 1.54) is 19.5 Å².